The maximum absolute atomic E-state index is 6.16. The molecular formula is C17H23NO. The van der Waals surface area contributed by atoms with E-state index in [1.165, 1.54) is 10.8 Å². The number of rotatable bonds is 7. The van der Waals surface area contributed by atoms with E-state index < -0.39 is 0 Å². The lowest BCUT2D eigenvalue weighted by molar-refractivity contribution is 0.196. The Balaban J connectivity index is 2.10. The van der Waals surface area contributed by atoms with E-state index >= 15 is 0 Å². The van der Waals surface area contributed by atoms with Gasteiger partial charge < -0.3 is 10.1 Å². The fourth-order valence-electron chi connectivity index (χ4n) is 2.19. The van der Waals surface area contributed by atoms with Gasteiger partial charge in [-0.2, -0.15) is 0 Å². The Labute approximate surface area is 115 Å². The molecule has 0 spiro atoms. The van der Waals surface area contributed by atoms with Crippen LogP contribution in [0.1, 0.15) is 26.7 Å². The zero-order valence-corrected chi connectivity index (χ0v) is 11.9. The van der Waals surface area contributed by atoms with Crippen molar-refractivity contribution < 1.29 is 4.74 Å². The van der Waals surface area contributed by atoms with Crippen molar-refractivity contribution in [3.63, 3.8) is 0 Å². The van der Waals surface area contributed by atoms with Crippen molar-refractivity contribution in [1.29, 1.82) is 0 Å². The number of nitrogens with one attached hydrogen (secondary N) is 1. The van der Waals surface area contributed by atoms with Crippen LogP contribution in [0.15, 0.2) is 42.5 Å². The van der Waals surface area contributed by atoms with Gasteiger partial charge >= 0.3 is 0 Å². The van der Waals surface area contributed by atoms with Gasteiger partial charge in [-0.25, -0.2) is 0 Å². The highest BCUT2D eigenvalue weighted by Crippen LogP contribution is 2.26. The van der Waals surface area contributed by atoms with Crippen LogP contribution in [-0.4, -0.2) is 19.2 Å². The average Bonchev–Trinajstić information content (AvgIpc) is 2.46. The van der Waals surface area contributed by atoms with Crippen LogP contribution < -0.4 is 10.1 Å². The SMILES string of the molecule is CCCNCC(CC)Oc1cccc2ccccc12. The summed E-state index contributed by atoms with van der Waals surface area (Å²) in [5, 5.41) is 5.86. The summed E-state index contributed by atoms with van der Waals surface area (Å²) in [5.41, 5.74) is 0. The van der Waals surface area contributed by atoms with Crippen LogP contribution in [0.25, 0.3) is 10.8 Å². The van der Waals surface area contributed by atoms with Crippen LogP contribution in [-0.2, 0) is 0 Å². The van der Waals surface area contributed by atoms with Gasteiger partial charge in [0.05, 0.1) is 0 Å². The van der Waals surface area contributed by atoms with Crippen LogP contribution in [0.4, 0.5) is 0 Å². The third-order valence-corrected chi connectivity index (χ3v) is 3.30. The van der Waals surface area contributed by atoms with Crippen molar-refractivity contribution in [2.45, 2.75) is 32.8 Å². The standard InChI is InChI=1S/C17H23NO/c1-3-12-18-13-15(4-2)19-17-11-7-9-14-8-5-6-10-16(14)17/h5-11,15,18H,3-4,12-13H2,1-2H3. The number of hydrogen-bond acceptors (Lipinski definition) is 2. The molecule has 2 nitrogen and oxygen atoms in total. The molecule has 1 unspecified atom stereocenters. The smallest absolute Gasteiger partial charge is 0.127 e. The first-order valence-corrected chi connectivity index (χ1v) is 7.20. The van der Waals surface area contributed by atoms with Crippen molar-refractivity contribution >= 4 is 10.8 Å². The van der Waals surface area contributed by atoms with E-state index in [1.54, 1.807) is 0 Å². The molecule has 0 saturated carbocycles. The van der Waals surface area contributed by atoms with Gasteiger partial charge in [0.15, 0.2) is 0 Å². The Kier molecular flexibility index (Phi) is 5.22. The molecule has 0 aliphatic carbocycles. The van der Waals surface area contributed by atoms with E-state index in [-0.39, 0.29) is 6.10 Å². The predicted molar refractivity (Wildman–Crippen MR) is 81.8 cm³/mol. The second kappa shape index (κ2) is 7.15. The number of benzene rings is 2. The summed E-state index contributed by atoms with van der Waals surface area (Å²) in [4.78, 5) is 0. The van der Waals surface area contributed by atoms with Gasteiger partial charge in [-0.1, -0.05) is 50.2 Å². The van der Waals surface area contributed by atoms with Crippen LogP contribution in [0, 0.1) is 0 Å². The van der Waals surface area contributed by atoms with E-state index in [1.807, 2.05) is 0 Å². The van der Waals surface area contributed by atoms with E-state index in [2.05, 4.69) is 61.6 Å². The third kappa shape index (κ3) is 3.71. The van der Waals surface area contributed by atoms with Crippen molar-refractivity contribution in [3.8, 4) is 5.75 Å². The van der Waals surface area contributed by atoms with Crippen molar-refractivity contribution in [2.24, 2.45) is 0 Å². The summed E-state index contributed by atoms with van der Waals surface area (Å²) in [7, 11) is 0. The molecule has 0 amide bonds. The molecule has 2 aromatic rings. The van der Waals surface area contributed by atoms with Gasteiger partial charge in [0, 0.05) is 11.9 Å². The van der Waals surface area contributed by atoms with Gasteiger partial charge in [0.1, 0.15) is 11.9 Å². The van der Waals surface area contributed by atoms with Crippen LogP contribution in [0.5, 0.6) is 5.75 Å². The highest BCUT2D eigenvalue weighted by atomic mass is 16.5. The molecule has 102 valence electrons. The van der Waals surface area contributed by atoms with Gasteiger partial charge in [0.25, 0.3) is 0 Å². The molecule has 0 saturated heterocycles. The van der Waals surface area contributed by atoms with Crippen molar-refractivity contribution in [1.82, 2.24) is 5.32 Å². The molecule has 1 N–H and O–H groups in total. The number of ether oxygens (including phenoxy) is 1. The molecule has 0 aliphatic rings. The van der Waals surface area contributed by atoms with Crippen molar-refractivity contribution in [2.75, 3.05) is 13.1 Å². The highest BCUT2D eigenvalue weighted by Gasteiger charge is 2.09. The first-order chi connectivity index (χ1) is 9.35. The quantitative estimate of drug-likeness (QED) is 0.757. The molecule has 0 fully saturated rings. The Bertz CT molecular complexity index is 504. The van der Waals surface area contributed by atoms with E-state index in [9.17, 15) is 0 Å². The second-order valence-electron chi connectivity index (χ2n) is 4.83. The van der Waals surface area contributed by atoms with E-state index in [4.69, 9.17) is 4.74 Å². The van der Waals surface area contributed by atoms with E-state index in [0.717, 1.165) is 31.7 Å². The largest absolute Gasteiger partial charge is 0.488 e. The average molecular weight is 257 g/mol. The summed E-state index contributed by atoms with van der Waals surface area (Å²) in [6, 6.07) is 14.6. The predicted octanol–water partition coefficient (Wildman–Crippen LogP) is 4.00. The lowest BCUT2D eigenvalue weighted by atomic mass is 10.1. The molecule has 19 heavy (non-hydrogen) atoms. The summed E-state index contributed by atoms with van der Waals surface area (Å²) in [5.74, 6) is 0.989. The number of hydrogen-bond donors (Lipinski definition) is 1. The Morgan fingerprint density at radius 2 is 1.84 bits per heavy atom. The fourth-order valence-corrected chi connectivity index (χ4v) is 2.19. The van der Waals surface area contributed by atoms with Crippen LogP contribution in [0.2, 0.25) is 0 Å². The molecule has 0 bridgehead atoms. The highest BCUT2D eigenvalue weighted by molar-refractivity contribution is 5.88. The Morgan fingerprint density at radius 3 is 2.63 bits per heavy atom. The first-order valence-electron chi connectivity index (χ1n) is 7.20. The lowest BCUT2D eigenvalue weighted by Crippen LogP contribution is -2.31. The molecule has 1 atom stereocenters. The van der Waals surface area contributed by atoms with Crippen LogP contribution in [0.3, 0.4) is 0 Å². The fraction of sp³-hybridized carbons (Fsp3) is 0.412. The zero-order valence-electron chi connectivity index (χ0n) is 11.9. The van der Waals surface area contributed by atoms with Gasteiger partial charge in [0.2, 0.25) is 0 Å². The minimum atomic E-state index is 0.234. The molecule has 2 aromatic carbocycles. The Hall–Kier alpha value is -1.54. The summed E-state index contributed by atoms with van der Waals surface area (Å²) >= 11 is 0. The number of fused-ring (bicyclic) bond motifs is 1. The monoisotopic (exact) mass is 257 g/mol. The summed E-state index contributed by atoms with van der Waals surface area (Å²) in [6.45, 7) is 6.31. The van der Waals surface area contributed by atoms with E-state index in [0.29, 0.717) is 0 Å². The minimum Gasteiger partial charge on any atom is -0.488 e. The molecule has 0 aromatic heterocycles. The molecule has 2 heteroatoms. The molecule has 0 radical (unpaired) electrons. The third-order valence-electron chi connectivity index (χ3n) is 3.30. The zero-order chi connectivity index (χ0) is 13.5. The molecule has 0 aliphatic heterocycles. The van der Waals surface area contributed by atoms with Gasteiger partial charge in [-0.05, 0) is 30.8 Å². The molecule has 2 rings (SSSR count). The normalized spacial score (nSPS) is 12.5. The molecular weight excluding hydrogens is 234 g/mol. The first kappa shape index (κ1) is 13.9. The Morgan fingerprint density at radius 1 is 1.05 bits per heavy atom. The maximum Gasteiger partial charge on any atom is 0.127 e. The maximum atomic E-state index is 6.16. The lowest BCUT2D eigenvalue weighted by Gasteiger charge is -2.19. The van der Waals surface area contributed by atoms with Crippen molar-refractivity contribution in [3.05, 3.63) is 42.5 Å². The van der Waals surface area contributed by atoms with Crippen LogP contribution >= 0.6 is 0 Å². The van der Waals surface area contributed by atoms with Gasteiger partial charge in [-0.15, -0.1) is 0 Å². The second-order valence-corrected chi connectivity index (χ2v) is 4.83. The molecule has 0 heterocycles. The van der Waals surface area contributed by atoms with Gasteiger partial charge in [-0.3, -0.25) is 0 Å². The topological polar surface area (TPSA) is 21.3 Å². The summed E-state index contributed by atoms with van der Waals surface area (Å²) < 4.78 is 6.16. The summed E-state index contributed by atoms with van der Waals surface area (Å²) in [6.07, 6.45) is 2.40. The minimum absolute atomic E-state index is 0.234.